The van der Waals surface area contributed by atoms with E-state index < -0.39 is 23.9 Å². The van der Waals surface area contributed by atoms with Gasteiger partial charge in [-0.25, -0.2) is 0 Å². The molecular formula is C45H56N6O6S2. The molecule has 0 aromatic carbocycles. The van der Waals surface area contributed by atoms with Gasteiger partial charge in [-0.1, -0.05) is 43.0 Å². The Morgan fingerprint density at radius 3 is 1.80 bits per heavy atom. The van der Waals surface area contributed by atoms with Crippen LogP contribution >= 0.6 is 22.7 Å². The molecule has 5 aliphatic rings. The second-order valence-electron chi connectivity index (χ2n) is 16.5. The average molecular weight is 841 g/mol. The fourth-order valence-electron chi connectivity index (χ4n) is 9.17. The van der Waals surface area contributed by atoms with Gasteiger partial charge in [0, 0.05) is 60.5 Å². The van der Waals surface area contributed by atoms with Gasteiger partial charge in [0.2, 0.25) is 35.4 Å². The summed E-state index contributed by atoms with van der Waals surface area (Å²) in [6, 6.07) is 6.89. The quantitative estimate of drug-likeness (QED) is 0.239. The third-order valence-electron chi connectivity index (χ3n) is 12.4. The molecule has 0 bridgehead atoms. The molecule has 0 spiro atoms. The lowest BCUT2D eigenvalue weighted by atomic mass is 9.85. The minimum atomic E-state index is -0.591. The van der Waals surface area contributed by atoms with Crippen molar-refractivity contribution in [3.05, 3.63) is 93.0 Å². The van der Waals surface area contributed by atoms with Crippen LogP contribution in [-0.4, -0.2) is 99.3 Å². The number of amides is 6. The largest absolute Gasteiger partial charge is 0.352 e. The van der Waals surface area contributed by atoms with E-state index in [1.165, 1.54) is 0 Å². The second kappa shape index (κ2) is 19.5. The summed E-state index contributed by atoms with van der Waals surface area (Å²) in [4.78, 5) is 88.4. The first-order chi connectivity index (χ1) is 28.6. The van der Waals surface area contributed by atoms with Gasteiger partial charge in [-0.15, -0.1) is 22.7 Å². The molecule has 2 unspecified atom stereocenters. The van der Waals surface area contributed by atoms with Gasteiger partial charge >= 0.3 is 0 Å². The van der Waals surface area contributed by atoms with Gasteiger partial charge in [-0.3, -0.25) is 28.8 Å². The number of rotatable bonds is 14. The Kier molecular flexibility index (Phi) is 14.0. The van der Waals surface area contributed by atoms with Crippen molar-refractivity contribution in [2.75, 3.05) is 26.2 Å². The second-order valence-corrected chi connectivity index (χ2v) is 18.6. The topological polar surface area (TPSA) is 139 Å². The molecule has 1 aliphatic carbocycles. The summed E-state index contributed by atoms with van der Waals surface area (Å²) >= 11 is 3.19. The molecular weight excluding hydrogens is 785 g/mol. The fourth-order valence-corrected chi connectivity index (χ4v) is 10.6. The first-order valence-corrected chi connectivity index (χ1v) is 22.9. The maximum Gasteiger partial charge on any atom is 0.247 e. The number of allylic oxidation sites excluding steroid dienone is 6. The van der Waals surface area contributed by atoms with Gasteiger partial charge in [-0.05, 0) is 98.8 Å². The van der Waals surface area contributed by atoms with Crippen molar-refractivity contribution in [3.63, 3.8) is 0 Å². The molecule has 4 aliphatic heterocycles. The van der Waals surface area contributed by atoms with Crippen LogP contribution in [0, 0.1) is 17.8 Å². The highest BCUT2D eigenvalue weighted by Crippen LogP contribution is 2.31. The van der Waals surface area contributed by atoms with Crippen molar-refractivity contribution in [2.24, 2.45) is 17.8 Å². The molecule has 2 aromatic rings. The van der Waals surface area contributed by atoms with Gasteiger partial charge in [0.05, 0.1) is 24.9 Å². The Hall–Kier alpha value is -4.82. The predicted molar refractivity (Wildman–Crippen MR) is 228 cm³/mol. The maximum atomic E-state index is 13.6. The zero-order valence-electron chi connectivity index (χ0n) is 33.9. The SMILES string of the molecule is C=C(\C=C/C(=C\C)/C=C/C1CCC(NC(=O)[C@@H]2CCCN2C(=O)C2CC(=O)N(Cc3cccs3)C2)CC1)NC(=O)[C@@H]1CCCN1C(=O)C1CC(=O)N(Cc2cccs2)C1. The monoisotopic (exact) mass is 840 g/mol. The van der Waals surface area contributed by atoms with Gasteiger partial charge in [0.1, 0.15) is 12.1 Å². The molecule has 314 valence electrons. The number of likely N-dealkylation sites (tertiary alicyclic amines) is 4. The van der Waals surface area contributed by atoms with Crippen molar-refractivity contribution >= 4 is 58.1 Å². The van der Waals surface area contributed by atoms with Crippen molar-refractivity contribution in [1.82, 2.24) is 30.2 Å². The van der Waals surface area contributed by atoms with Crippen LogP contribution < -0.4 is 10.6 Å². The lowest BCUT2D eigenvalue weighted by molar-refractivity contribution is -0.141. The van der Waals surface area contributed by atoms with Crippen molar-refractivity contribution in [3.8, 4) is 0 Å². The Labute approximate surface area is 355 Å². The van der Waals surface area contributed by atoms with Crippen LogP contribution in [0.25, 0.3) is 0 Å². The van der Waals surface area contributed by atoms with E-state index in [0.29, 0.717) is 63.7 Å². The van der Waals surface area contributed by atoms with E-state index in [4.69, 9.17) is 0 Å². The highest BCUT2D eigenvalue weighted by Gasteiger charge is 2.43. The van der Waals surface area contributed by atoms with E-state index in [9.17, 15) is 28.8 Å². The number of thiophene rings is 2. The molecule has 6 heterocycles. The van der Waals surface area contributed by atoms with Crippen LogP contribution in [0.15, 0.2) is 83.3 Å². The fraction of sp³-hybridized carbons (Fsp3) is 0.511. The first-order valence-electron chi connectivity index (χ1n) is 21.1. The molecule has 7 rings (SSSR count). The van der Waals surface area contributed by atoms with Gasteiger partial charge in [0.15, 0.2) is 0 Å². The molecule has 1 saturated carbocycles. The standard InChI is InChI=1S/C45H56N6O6S2/c1-3-31(13-12-30(2)46-42(54)38-10-4-20-50(38)44(56)33-24-40(52)48(26-33)28-36-8-6-22-58-36)14-15-32-16-18-35(19-17-32)47-43(55)39-11-5-21-51(39)45(57)34-25-41(53)49(27-34)29-37-9-7-23-59-37/h3,6-9,12-15,22-23,32-35,38-39H,2,4-5,10-11,16-21,24-29H2,1H3,(H,46,54)(H,47,55)/b13-12-,15-14+,31-3+/t32?,33?,34?,35?,38-,39-/m0/s1. The molecule has 5 fully saturated rings. The van der Waals surface area contributed by atoms with E-state index in [1.807, 2.05) is 54.1 Å². The number of carbonyl (C=O) groups excluding carboxylic acids is 6. The van der Waals surface area contributed by atoms with Crippen LogP contribution in [0.4, 0.5) is 0 Å². The summed E-state index contributed by atoms with van der Waals surface area (Å²) in [6.45, 7) is 8.85. The Morgan fingerprint density at radius 1 is 0.746 bits per heavy atom. The van der Waals surface area contributed by atoms with E-state index >= 15 is 0 Å². The summed E-state index contributed by atoms with van der Waals surface area (Å²) in [5.41, 5.74) is 1.41. The number of carbonyl (C=O) groups is 6. The zero-order valence-corrected chi connectivity index (χ0v) is 35.5. The molecule has 4 saturated heterocycles. The van der Waals surface area contributed by atoms with Crippen LogP contribution in [0.5, 0.6) is 0 Å². The Bertz CT molecular complexity index is 1970. The average Bonchev–Trinajstić information content (AvgIpc) is 4.09. The summed E-state index contributed by atoms with van der Waals surface area (Å²) in [5.74, 6) is -1.08. The minimum absolute atomic E-state index is 0.00529. The van der Waals surface area contributed by atoms with Crippen molar-refractivity contribution < 1.29 is 28.8 Å². The van der Waals surface area contributed by atoms with Crippen molar-refractivity contribution in [2.45, 2.75) is 102 Å². The number of hydrogen-bond acceptors (Lipinski definition) is 8. The molecule has 0 radical (unpaired) electrons. The maximum absolute atomic E-state index is 13.6. The highest BCUT2D eigenvalue weighted by molar-refractivity contribution is 7.10. The summed E-state index contributed by atoms with van der Waals surface area (Å²) in [6.07, 6.45) is 16.6. The highest BCUT2D eigenvalue weighted by atomic mass is 32.1. The van der Waals surface area contributed by atoms with Gasteiger partial charge in [0.25, 0.3) is 0 Å². The number of hydrogen-bond donors (Lipinski definition) is 2. The molecule has 59 heavy (non-hydrogen) atoms. The number of nitrogens with one attached hydrogen (secondary N) is 2. The summed E-state index contributed by atoms with van der Waals surface area (Å²) in [5, 5.41) is 10.1. The summed E-state index contributed by atoms with van der Waals surface area (Å²) in [7, 11) is 0. The van der Waals surface area contributed by atoms with Crippen LogP contribution in [0.3, 0.4) is 0 Å². The molecule has 4 atom stereocenters. The lowest BCUT2D eigenvalue weighted by Crippen LogP contribution is -2.51. The normalized spacial score (nSPS) is 26.5. The van der Waals surface area contributed by atoms with Crippen LogP contribution in [0.1, 0.15) is 80.9 Å². The minimum Gasteiger partial charge on any atom is -0.352 e. The molecule has 6 amide bonds. The van der Waals surface area contributed by atoms with E-state index in [0.717, 1.165) is 53.9 Å². The van der Waals surface area contributed by atoms with Gasteiger partial charge < -0.3 is 30.2 Å². The summed E-state index contributed by atoms with van der Waals surface area (Å²) < 4.78 is 0. The van der Waals surface area contributed by atoms with Crippen LogP contribution in [-0.2, 0) is 41.9 Å². The number of nitrogens with zero attached hydrogens (tertiary/aromatic N) is 4. The van der Waals surface area contributed by atoms with E-state index in [-0.39, 0.29) is 54.3 Å². The third kappa shape index (κ3) is 10.5. The first kappa shape index (κ1) is 42.3. The molecule has 12 nitrogen and oxygen atoms in total. The Morgan fingerprint density at radius 2 is 1.29 bits per heavy atom. The van der Waals surface area contributed by atoms with E-state index in [1.54, 1.807) is 48.3 Å². The van der Waals surface area contributed by atoms with Crippen molar-refractivity contribution in [1.29, 1.82) is 0 Å². The lowest BCUT2D eigenvalue weighted by Gasteiger charge is -2.31. The molecule has 2 N–H and O–H groups in total. The molecule has 2 aromatic heterocycles. The Balaban J connectivity index is 0.823. The molecule has 14 heteroatoms. The van der Waals surface area contributed by atoms with E-state index in [2.05, 4.69) is 29.4 Å². The predicted octanol–water partition coefficient (Wildman–Crippen LogP) is 5.55. The van der Waals surface area contributed by atoms with Crippen LogP contribution in [0.2, 0.25) is 0 Å². The smallest absolute Gasteiger partial charge is 0.247 e. The van der Waals surface area contributed by atoms with Gasteiger partial charge in [-0.2, -0.15) is 0 Å². The third-order valence-corrected chi connectivity index (χ3v) is 14.2. The zero-order chi connectivity index (χ0) is 41.5.